The van der Waals surface area contributed by atoms with E-state index in [1.54, 1.807) is 59.6 Å². The second-order valence-corrected chi connectivity index (χ2v) is 10.0. The molecule has 2 aromatic carbocycles. The van der Waals surface area contributed by atoms with Crippen molar-refractivity contribution in [3.05, 3.63) is 112 Å². The van der Waals surface area contributed by atoms with Gasteiger partial charge < -0.3 is 19.5 Å². The molecule has 0 unspecified atom stereocenters. The summed E-state index contributed by atoms with van der Waals surface area (Å²) in [4.78, 5) is 35.0. The summed E-state index contributed by atoms with van der Waals surface area (Å²) in [6.45, 7) is 4.16. The number of hydrogen-bond acceptors (Lipinski definition) is 5. The Labute approximate surface area is 236 Å². The smallest absolute Gasteiger partial charge is 0.270 e. The number of anilines is 1. The van der Waals surface area contributed by atoms with Crippen molar-refractivity contribution in [2.75, 3.05) is 31.1 Å². The number of carbonyl (C=O) groups excluding carboxylic acids is 2. The number of amides is 2. The maximum absolute atomic E-state index is 13.7. The zero-order valence-electron chi connectivity index (χ0n) is 21.2. The zero-order chi connectivity index (χ0) is 27.4. The molecule has 1 aliphatic heterocycles. The summed E-state index contributed by atoms with van der Waals surface area (Å²) in [5.74, 6) is 1.08. The average Bonchev–Trinajstić information content (AvgIpc) is 3.43. The number of nitrogens with zero attached hydrogens (tertiary/aromatic N) is 3. The van der Waals surface area contributed by atoms with Crippen LogP contribution in [0.4, 0.5) is 5.82 Å². The Morgan fingerprint density at radius 1 is 0.949 bits per heavy atom. The van der Waals surface area contributed by atoms with Crippen molar-refractivity contribution in [2.24, 2.45) is 0 Å². The fourth-order valence-corrected chi connectivity index (χ4v) is 4.69. The van der Waals surface area contributed by atoms with Crippen molar-refractivity contribution in [1.82, 2.24) is 15.2 Å². The summed E-state index contributed by atoms with van der Waals surface area (Å²) >= 11 is 12.5. The molecule has 3 heterocycles. The molecule has 0 aliphatic carbocycles. The number of piperazine rings is 1. The van der Waals surface area contributed by atoms with Crippen molar-refractivity contribution < 1.29 is 14.0 Å². The molecule has 1 saturated heterocycles. The van der Waals surface area contributed by atoms with Crippen molar-refractivity contribution in [2.45, 2.75) is 6.92 Å². The number of aryl methyl sites for hydroxylation is 1. The molecule has 2 aromatic heterocycles. The van der Waals surface area contributed by atoms with Crippen molar-refractivity contribution in [1.29, 1.82) is 0 Å². The SMILES string of the molecule is Cc1ccc(C(=O)N/C(=C\c2ccc(-c3cc(Cl)ccc3Cl)o2)C(=O)N2CCN(c3ccccn3)CC2)cc1. The standard InChI is InChI=1S/C30H26Cl2N4O3/c1-20-5-7-21(8-6-20)29(37)34-26(19-23-10-12-27(39-23)24-18-22(31)9-11-25(24)32)30(38)36-16-14-35(15-17-36)28-4-2-3-13-33-28/h2-13,18-19H,14-17H2,1H3,(H,34,37)/b26-19-. The lowest BCUT2D eigenvalue weighted by Gasteiger charge is -2.35. The molecular formula is C30H26Cl2N4O3. The van der Waals surface area contributed by atoms with Gasteiger partial charge in [-0.05, 0) is 61.5 Å². The fraction of sp³-hybridized carbons (Fsp3) is 0.167. The molecule has 1 fully saturated rings. The molecule has 7 nitrogen and oxygen atoms in total. The van der Waals surface area contributed by atoms with Crippen molar-refractivity contribution in [3.8, 4) is 11.3 Å². The predicted octanol–water partition coefficient (Wildman–Crippen LogP) is 6.08. The Bertz CT molecular complexity index is 1510. The third-order valence-corrected chi connectivity index (χ3v) is 7.00. The first-order valence-electron chi connectivity index (χ1n) is 12.5. The molecule has 0 bridgehead atoms. The third kappa shape index (κ3) is 6.33. The first-order valence-corrected chi connectivity index (χ1v) is 13.2. The van der Waals surface area contributed by atoms with Gasteiger partial charge >= 0.3 is 0 Å². The van der Waals surface area contributed by atoms with Gasteiger partial charge in [0.15, 0.2) is 0 Å². The monoisotopic (exact) mass is 560 g/mol. The number of carbonyl (C=O) groups is 2. The van der Waals surface area contributed by atoms with Gasteiger partial charge in [-0.2, -0.15) is 0 Å². The average molecular weight is 561 g/mol. The van der Waals surface area contributed by atoms with Gasteiger partial charge in [0.05, 0.1) is 5.02 Å². The normalized spacial score (nSPS) is 13.9. The van der Waals surface area contributed by atoms with Crippen molar-refractivity contribution in [3.63, 3.8) is 0 Å². The minimum atomic E-state index is -0.383. The van der Waals surface area contributed by atoms with Crippen LogP contribution in [0.15, 0.2) is 89.1 Å². The van der Waals surface area contributed by atoms with Crippen LogP contribution in [0.1, 0.15) is 21.7 Å². The molecule has 198 valence electrons. The van der Waals surface area contributed by atoms with Crippen LogP contribution in [0.5, 0.6) is 0 Å². The lowest BCUT2D eigenvalue weighted by molar-refractivity contribution is -0.127. The molecule has 0 saturated carbocycles. The van der Waals surface area contributed by atoms with E-state index in [1.165, 1.54) is 0 Å². The van der Waals surface area contributed by atoms with Crippen LogP contribution in [0, 0.1) is 6.92 Å². The van der Waals surface area contributed by atoms with Gasteiger partial charge in [0.2, 0.25) is 0 Å². The van der Waals surface area contributed by atoms with Crippen LogP contribution in [-0.4, -0.2) is 47.9 Å². The lowest BCUT2D eigenvalue weighted by atomic mass is 10.1. The van der Waals surface area contributed by atoms with Gasteiger partial charge in [-0.3, -0.25) is 9.59 Å². The summed E-state index contributed by atoms with van der Waals surface area (Å²) in [7, 11) is 0. The van der Waals surface area contributed by atoms with Crippen LogP contribution < -0.4 is 10.2 Å². The van der Waals surface area contributed by atoms with Crippen LogP contribution in [0.25, 0.3) is 17.4 Å². The zero-order valence-corrected chi connectivity index (χ0v) is 22.7. The molecule has 5 rings (SSSR count). The Kier molecular flexibility index (Phi) is 8.00. The van der Waals surface area contributed by atoms with E-state index in [0.717, 1.165) is 11.4 Å². The number of pyridine rings is 1. The van der Waals surface area contributed by atoms with Gasteiger partial charge in [-0.15, -0.1) is 0 Å². The minimum absolute atomic E-state index is 0.116. The topological polar surface area (TPSA) is 78.7 Å². The maximum Gasteiger partial charge on any atom is 0.270 e. The van der Waals surface area contributed by atoms with Crippen LogP contribution in [-0.2, 0) is 4.79 Å². The first-order chi connectivity index (χ1) is 18.9. The minimum Gasteiger partial charge on any atom is -0.457 e. The van der Waals surface area contributed by atoms with E-state index >= 15 is 0 Å². The molecule has 0 radical (unpaired) electrons. The number of rotatable bonds is 6. The molecule has 4 aromatic rings. The van der Waals surface area contributed by atoms with E-state index in [1.807, 2.05) is 37.3 Å². The first kappa shape index (κ1) is 26.5. The second kappa shape index (κ2) is 11.8. The highest BCUT2D eigenvalue weighted by Gasteiger charge is 2.26. The van der Waals surface area contributed by atoms with E-state index in [0.29, 0.717) is 58.9 Å². The summed E-state index contributed by atoms with van der Waals surface area (Å²) in [5, 5.41) is 3.82. The molecule has 9 heteroatoms. The van der Waals surface area contributed by atoms with E-state index in [9.17, 15) is 9.59 Å². The molecule has 2 amide bonds. The van der Waals surface area contributed by atoms with Gasteiger partial charge in [0.25, 0.3) is 11.8 Å². The summed E-state index contributed by atoms with van der Waals surface area (Å²) in [6, 6.07) is 21.5. The molecular weight excluding hydrogens is 535 g/mol. The van der Waals surface area contributed by atoms with E-state index in [2.05, 4.69) is 15.2 Å². The molecule has 0 spiro atoms. The maximum atomic E-state index is 13.7. The summed E-state index contributed by atoms with van der Waals surface area (Å²) in [6.07, 6.45) is 3.30. The van der Waals surface area contributed by atoms with E-state index in [-0.39, 0.29) is 17.5 Å². The number of hydrogen-bond donors (Lipinski definition) is 1. The highest BCUT2D eigenvalue weighted by atomic mass is 35.5. The molecule has 1 aliphatic rings. The molecule has 39 heavy (non-hydrogen) atoms. The quantitative estimate of drug-likeness (QED) is 0.289. The number of benzene rings is 2. The third-order valence-electron chi connectivity index (χ3n) is 6.44. The number of nitrogens with one attached hydrogen (secondary N) is 1. The number of furan rings is 1. The van der Waals surface area contributed by atoms with Crippen LogP contribution >= 0.6 is 23.2 Å². The van der Waals surface area contributed by atoms with Gasteiger partial charge in [0.1, 0.15) is 23.0 Å². The Morgan fingerprint density at radius 3 is 2.44 bits per heavy atom. The fourth-order valence-electron chi connectivity index (χ4n) is 4.30. The Morgan fingerprint density at radius 2 is 1.72 bits per heavy atom. The molecule has 0 atom stereocenters. The Balaban J connectivity index is 1.39. The lowest BCUT2D eigenvalue weighted by Crippen LogP contribution is -2.50. The summed E-state index contributed by atoms with van der Waals surface area (Å²) < 4.78 is 5.99. The summed E-state index contributed by atoms with van der Waals surface area (Å²) in [5.41, 5.74) is 2.23. The molecule has 1 N–H and O–H groups in total. The van der Waals surface area contributed by atoms with Gasteiger partial charge in [-0.25, -0.2) is 4.98 Å². The van der Waals surface area contributed by atoms with Gasteiger partial charge in [0, 0.05) is 54.6 Å². The number of aromatic nitrogens is 1. The van der Waals surface area contributed by atoms with Gasteiger partial charge in [-0.1, -0.05) is 47.0 Å². The highest BCUT2D eigenvalue weighted by Crippen LogP contribution is 2.32. The number of halogens is 2. The van der Waals surface area contributed by atoms with Crippen molar-refractivity contribution >= 4 is 46.9 Å². The largest absolute Gasteiger partial charge is 0.457 e. The van der Waals surface area contributed by atoms with Crippen LogP contribution in [0.3, 0.4) is 0 Å². The van der Waals surface area contributed by atoms with Crippen LogP contribution in [0.2, 0.25) is 10.0 Å². The van der Waals surface area contributed by atoms with E-state index < -0.39 is 0 Å². The predicted molar refractivity (Wildman–Crippen MR) is 154 cm³/mol. The highest BCUT2D eigenvalue weighted by molar-refractivity contribution is 6.35. The van der Waals surface area contributed by atoms with E-state index in [4.69, 9.17) is 27.6 Å². The second-order valence-electron chi connectivity index (χ2n) is 9.17. The Hall–Kier alpha value is -4.07.